The van der Waals surface area contributed by atoms with E-state index in [1.165, 1.54) is 6.92 Å². The van der Waals surface area contributed by atoms with Crippen molar-refractivity contribution < 1.29 is 14.7 Å². The molecule has 1 atom stereocenters. The lowest BCUT2D eigenvalue weighted by Crippen LogP contribution is -2.30. The van der Waals surface area contributed by atoms with Crippen LogP contribution in [0.15, 0.2) is 0 Å². The number of hydrogen-bond donors (Lipinski definition) is 1. The Morgan fingerprint density at radius 3 is 1.39 bits per heavy atom. The van der Waals surface area contributed by atoms with Crippen LogP contribution < -0.4 is 0 Å². The Morgan fingerprint density at radius 1 is 1.06 bits per heavy atom. The van der Waals surface area contributed by atoms with Crippen molar-refractivity contribution in [2.75, 3.05) is 20.7 Å². The Balaban J connectivity index is -0.0000000869. The molecule has 4 heteroatoms. The van der Waals surface area contributed by atoms with E-state index in [0.29, 0.717) is 6.42 Å². The predicted octanol–water partition coefficient (Wildman–Crippen LogP) is 2.54. The van der Waals surface area contributed by atoms with E-state index in [1.807, 2.05) is 53.6 Å². The van der Waals surface area contributed by atoms with E-state index in [-0.39, 0.29) is 24.2 Å². The molecule has 0 aromatic heterocycles. The molecule has 112 valence electrons. The van der Waals surface area contributed by atoms with Gasteiger partial charge in [-0.2, -0.15) is 0 Å². The lowest BCUT2D eigenvalue weighted by molar-refractivity contribution is -0.120. The fraction of sp³-hybridized carbons (Fsp3) is 0.857. The quantitative estimate of drug-likeness (QED) is 0.847. The Hall–Kier alpha value is -0.740. The minimum absolute atomic E-state index is 0.0185. The molecule has 0 spiro atoms. The van der Waals surface area contributed by atoms with Gasteiger partial charge in [-0.15, -0.1) is 0 Å². The molecule has 0 saturated heterocycles. The topological polar surface area (TPSA) is 57.6 Å². The summed E-state index contributed by atoms with van der Waals surface area (Å²) in [6.07, 6.45) is 0.292. The maximum Gasteiger partial charge on any atom is 0.146 e. The molecule has 18 heavy (non-hydrogen) atoms. The highest BCUT2D eigenvalue weighted by Gasteiger charge is 2.07. The van der Waals surface area contributed by atoms with Gasteiger partial charge >= 0.3 is 0 Å². The Bertz CT molecular complexity index is 180. The van der Waals surface area contributed by atoms with Crippen molar-refractivity contribution in [2.45, 2.75) is 60.9 Å². The van der Waals surface area contributed by atoms with Gasteiger partial charge in [0.1, 0.15) is 11.6 Å². The molecule has 0 heterocycles. The average Bonchev–Trinajstić information content (AvgIpc) is 2.33. The Morgan fingerprint density at radius 2 is 1.39 bits per heavy atom. The number of Topliss-reactive ketones (excluding diaryl/α,β-unsaturated/α-hetero) is 2. The highest BCUT2D eigenvalue weighted by Crippen LogP contribution is 1.90. The lowest BCUT2D eigenvalue weighted by atomic mass is 10.2. The van der Waals surface area contributed by atoms with Crippen molar-refractivity contribution in [1.82, 2.24) is 4.90 Å². The summed E-state index contributed by atoms with van der Waals surface area (Å²) in [5.41, 5.74) is 0. The highest BCUT2D eigenvalue weighted by molar-refractivity contribution is 5.80. The molecule has 0 aliphatic rings. The molecule has 0 radical (unpaired) electrons. The van der Waals surface area contributed by atoms with Crippen LogP contribution in [0.2, 0.25) is 0 Å². The molecule has 1 N–H and O–H groups in total. The largest absolute Gasteiger partial charge is 0.396 e. The second-order valence-corrected chi connectivity index (χ2v) is 3.43. The van der Waals surface area contributed by atoms with Crippen molar-refractivity contribution in [2.24, 2.45) is 0 Å². The molecule has 0 bridgehead atoms. The first-order valence-electron chi connectivity index (χ1n) is 6.60. The molecule has 0 aliphatic heterocycles. The first-order chi connectivity index (χ1) is 8.32. The number of aliphatic hydroxyl groups excluding tert-OH is 1. The van der Waals surface area contributed by atoms with Crippen LogP contribution in [0.25, 0.3) is 0 Å². The van der Waals surface area contributed by atoms with Crippen molar-refractivity contribution in [3.63, 3.8) is 0 Å². The number of rotatable bonds is 4. The van der Waals surface area contributed by atoms with E-state index >= 15 is 0 Å². The SMILES string of the molecule is CC.CC.CC(=O)C(C)N(C)C.CC(=O)CCO. The Labute approximate surface area is 113 Å². The Kier molecular flexibility index (Phi) is 31.1. The third-order valence-electron chi connectivity index (χ3n) is 1.83. The molecule has 0 aromatic carbocycles. The number of carbonyl (C=O) groups excluding carboxylic acids is 2. The molecule has 4 nitrogen and oxygen atoms in total. The number of carbonyl (C=O) groups is 2. The lowest BCUT2D eigenvalue weighted by Gasteiger charge is -2.15. The van der Waals surface area contributed by atoms with Gasteiger partial charge in [0.15, 0.2) is 0 Å². The molecule has 0 fully saturated rings. The van der Waals surface area contributed by atoms with E-state index in [9.17, 15) is 9.59 Å². The molecule has 1 unspecified atom stereocenters. The van der Waals surface area contributed by atoms with E-state index in [1.54, 1.807) is 6.92 Å². The summed E-state index contributed by atoms with van der Waals surface area (Å²) in [5, 5.41) is 8.02. The molecule has 0 rings (SSSR count). The summed E-state index contributed by atoms with van der Waals surface area (Å²) in [4.78, 5) is 22.3. The molecule has 0 aliphatic carbocycles. The summed E-state index contributed by atoms with van der Waals surface area (Å²) < 4.78 is 0. The van der Waals surface area contributed by atoms with Gasteiger partial charge in [0, 0.05) is 13.0 Å². The van der Waals surface area contributed by atoms with Gasteiger partial charge in [-0.1, -0.05) is 27.7 Å². The minimum atomic E-state index is -0.0185. The van der Waals surface area contributed by atoms with Gasteiger partial charge in [-0.25, -0.2) is 0 Å². The summed E-state index contributed by atoms with van der Waals surface area (Å²) in [6.45, 7) is 12.9. The number of hydrogen-bond acceptors (Lipinski definition) is 4. The molecular weight excluding hydrogens is 230 g/mol. The first kappa shape index (κ1) is 26.0. The zero-order valence-corrected chi connectivity index (χ0v) is 13.7. The van der Waals surface area contributed by atoms with Gasteiger partial charge in [0.2, 0.25) is 0 Å². The molecular formula is C14H33NO3. The van der Waals surface area contributed by atoms with E-state index in [4.69, 9.17) is 5.11 Å². The zero-order chi connectivity index (χ0) is 15.7. The summed E-state index contributed by atoms with van der Waals surface area (Å²) in [6, 6.07) is 0.0648. The summed E-state index contributed by atoms with van der Waals surface area (Å²) >= 11 is 0. The van der Waals surface area contributed by atoms with Crippen LogP contribution in [0.3, 0.4) is 0 Å². The molecule has 0 saturated carbocycles. The fourth-order valence-electron chi connectivity index (χ4n) is 0.521. The summed E-state index contributed by atoms with van der Waals surface area (Å²) in [7, 11) is 3.79. The number of aliphatic hydroxyl groups is 1. The fourth-order valence-corrected chi connectivity index (χ4v) is 0.521. The van der Waals surface area contributed by atoms with Crippen LogP contribution in [0.5, 0.6) is 0 Å². The van der Waals surface area contributed by atoms with Crippen molar-refractivity contribution in [3.8, 4) is 0 Å². The van der Waals surface area contributed by atoms with Crippen LogP contribution in [0, 0.1) is 0 Å². The monoisotopic (exact) mass is 263 g/mol. The minimum Gasteiger partial charge on any atom is -0.396 e. The van der Waals surface area contributed by atoms with Gasteiger partial charge in [0.25, 0.3) is 0 Å². The maximum atomic E-state index is 10.5. The highest BCUT2D eigenvalue weighted by atomic mass is 16.3. The van der Waals surface area contributed by atoms with Crippen LogP contribution in [0.1, 0.15) is 54.9 Å². The van der Waals surface area contributed by atoms with Crippen molar-refractivity contribution in [1.29, 1.82) is 0 Å². The van der Waals surface area contributed by atoms with E-state index in [0.717, 1.165) is 0 Å². The average molecular weight is 263 g/mol. The predicted molar refractivity (Wildman–Crippen MR) is 78.9 cm³/mol. The second-order valence-electron chi connectivity index (χ2n) is 3.43. The molecule has 0 aromatic rings. The van der Waals surface area contributed by atoms with Crippen LogP contribution in [-0.2, 0) is 9.59 Å². The number of likely N-dealkylation sites (N-methyl/N-ethyl adjacent to an activating group) is 1. The van der Waals surface area contributed by atoms with Gasteiger partial charge in [0.05, 0.1) is 6.04 Å². The molecule has 0 amide bonds. The summed E-state index contributed by atoms with van der Waals surface area (Å²) in [5.74, 6) is 0.257. The van der Waals surface area contributed by atoms with Crippen LogP contribution in [0.4, 0.5) is 0 Å². The zero-order valence-electron chi connectivity index (χ0n) is 13.7. The third kappa shape index (κ3) is 29.5. The van der Waals surface area contributed by atoms with Gasteiger partial charge in [-0.05, 0) is 34.9 Å². The first-order valence-corrected chi connectivity index (χ1v) is 6.60. The van der Waals surface area contributed by atoms with E-state index in [2.05, 4.69) is 0 Å². The standard InChI is InChI=1S/C6H13NO.C4H8O2.2C2H6/c1-5(6(2)8)7(3)4;1-4(6)2-3-5;2*1-2/h5H,1-4H3;5H,2-3H2,1H3;2*1-2H3. The maximum absolute atomic E-state index is 10.5. The van der Waals surface area contributed by atoms with Crippen molar-refractivity contribution >= 4 is 11.6 Å². The van der Waals surface area contributed by atoms with Gasteiger partial charge < -0.3 is 5.11 Å². The number of nitrogens with zero attached hydrogens (tertiary/aromatic N) is 1. The van der Waals surface area contributed by atoms with Crippen LogP contribution in [-0.4, -0.2) is 48.3 Å². The normalized spacial score (nSPS) is 9.72. The van der Waals surface area contributed by atoms with Gasteiger partial charge in [-0.3, -0.25) is 14.5 Å². The second kappa shape index (κ2) is 21.5. The van der Waals surface area contributed by atoms with Crippen molar-refractivity contribution in [3.05, 3.63) is 0 Å². The smallest absolute Gasteiger partial charge is 0.146 e. The number of ketones is 2. The van der Waals surface area contributed by atoms with Crippen LogP contribution >= 0.6 is 0 Å². The third-order valence-corrected chi connectivity index (χ3v) is 1.83. The van der Waals surface area contributed by atoms with E-state index < -0.39 is 0 Å².